The summed E-state index contributed by atoms with van der Waals surface area (Å²) >= 11 is 0. The number of nitrogens with zero attached hydrogens (tertiary/aromatic N) is 1. The number of ether oxygens (including phenoxy) is 1. The van der Waals surface area contributed by atoms with Crippen molar-refractivity contribution in [2.24, 2.45) is 5.92 Å². The summed E-state index contributed by atoms with van der Waals surface area (Å²) in [5.74, 6) is 1.73. The molecule has 0 saturated carbocycles. The van der Waals surface area contributed by atoms with Gasteiger partial charge in [0.05, 0.1) is 6.61 Å². The largest absolute Gasteiger partial charge is 0.494 e. The molecule has 0 radical (unpaired) electrons. The minimum atomic E-state index is 0.627. The van der Waals surface area contributed by atoms with E-state index in [0.29, 0.717) is 12.1 Å². The normalized spacial score (nSPS) is 24.7. The van der Waals surface area contributed by atoms with Crippen molar-refractivity contribution in [1.82, 2.24) is 10.2 Å². The lowest BCUT2D eigenvalue weighted by atomic mass is 9.95. The molecule has 1 N–H and O–H groups in total. The summed E-state index contributed by atoms with van der Waals surface area (Å²) in [5, 5.41) is 3.69. The molecule has 0 aromatic heterocycles. The molecular formula is C18H30N2O. The van der Waals surface area contributed by atoms with Gasteiger partial charge in [-0.2, -0.15) is 0 Å². The van der Waals surface area contributed by atoms with Crippen molar-refractivity contribution in [2.75, 3.05) is 26.2 Å². The molecule has 118 valence electrons. The van der Waals surface area contributed by atoms with E-state index in [2.05, 4.69) is 31.0 Å². The molecule has 1 aromatic carbocycles. The molecule has 3 heteroatoms. The minimum Gasteiger partial charge on any atom is -0.494 e. The number of piperazine rings is 1. The Hall–Kier alpha value is -1.06. The van der Waals surface area contributed by atoms with Crippen molar-refractivity contribution < 1.29 is 4.74 Å². The van der Waals surface area contributed by atoms with E-state index < -0.39 is 0 Å². The Balaban J connectivity index is 1.71. The van der Waals surface area contributed by atoms with Gasteiger partial charge >= 0.3 is 0 Å². The molecule has 21 heavy (non-hydrogen) atoms. The maximum Gasteiger partial charge on any atom is 0.119 e. The van der Waals surface area contributed by atoms with Gasteiger partial charge in [0, 0.05) is 31.7 Å². The fraction of sp³-hybridized carbons (Fsp3) is 0.667. The van der Waals surface area contributed by atoms with Gasteiger partial charge in [-0.25, -0.2) is 0 Å². The Morgan fingerprint density at radius 3 is 2.81 bits per heavy atom. The highest BCUT2D eigenvalue weighted by atomic mass is 16.5. The molecule has 0 aliphatic carbocycles. The third kappa shape index (κ3) is 5.01. The first kappa shape index (κ1) is 16.3. The lowest BCUT2D eigenvalue weighted by Gasteiger charge is -2.41. The second-order valence-electron chi connectivity index (χ2n) is 6.26. The molecule has 1 fully saturated rings. The van der Waals surface area contributed by atoms with E-state index in [1.807, 2.05) is 30.3 Å². The monoisotopic (exact) mass is 290 g/mol. The summed E-state index contributed by atoms with van der Waals surface area (Å²) in [7, 11) is 0. The van der Waals surface area contributed by atoms with Gasteiger partial charge in [0.1, 0.15) is 5.75 Å². The predicted octanol–water partition coefficient (Wildman–Crippen LogP) is 3.16. The lowest BCUT2D eigenvalue weighted by molar-refractivity contribution is 0.111. The first-order valence-corrected chi connectivity index (χ1v) is 8.36. The smallest absolute Gasteiger partial charge is 0.119 e. The summed E-state index contributed by atoms with van der Waals surface area (Å²) in [6, 6.07) is 11.4. The summed E-state index contributed by atoms with van der Waals surface area (Å²) in [6.07, 6.45) is 2.34. The van der Waals surface area contributed by atoms with Crippen LogP contribution in [-0.2, 0) is 0 Å². The molecule has 2 rings (SSSR count). The van der Waals surface area contributed by atoms with E-state index >= 15 is 0 Å². The maximum absolute atomic E-state index is 5.79. The Labute approximate surface area is 129 Å². The zero-order valence-electron chi connectivity index (χ0n) is 13.7. The van der Waals surface area contributed by atoms with Crippen LogP contribution in [0.15, 0.2) is 30.3 Å². The molecule has 0 amide bonds. The van der Waals surface area contributed by atoms with Crippen LogP contribution in [0.5, 0.6) is 5.75 Å². The highest BCUT2D eigenvalue weighted by Gasteiger charge is 2.27. The third-order valence-corrected chi connectivity index (χ3v) is 4.66. The molecule has 1 aromatic rings. The predicted molar refractivity (Wildman–Crippen MR) is 88.8 cm³/mol. The molecule has 1 saturated heterocycles. The van der Waals surface area contributed by atoms with Crippen LogP contribution in [0.3, 0.4) is 0 Å². The molecule has 3 unspecified atom stereocenters. The molecule has 1 heterocycles. The van der Waals surface area contributed by atoms with Crippen LogP contribution < -0.4 is 10.1 Å². The highest BCUT2D eigenvalue weighted by molar-refractivity contribution is 5.20. The summed E-state index contributed by atoms with van der Waals surface area (Å²) < 4.78 is 5.79. The fourth-order valence-corrected chi connectivity index (χ4v) is 2.90. The van der Waals surface area contributed by atoms with Crippen molar-refractivity contribution in [3.8, 4) is 5.75 Å². The Morgan fingerprint density at radius 2 is 2.10 bits per heavy atom. The van der Waals surface area contributed by atoms with Crippen LogP contribution >= 0.6 is 0 Å². The first-order valence-electron chi connectivity index (χ1n) is 8.36. The molecule has 0 spiro atoms. The Bertz CT molecular complexity index is 395. The molecule has 3 nitrogen and oxygen atoms in total. The van der Waals surface area contributed by atoms with Crippen molar-refractivity contribution in [3.05, 3.63) is 30.3 Å². The van der Waals surface area contributed by atoms with Gasteiger partial charge in [0.25, 0.3) is 0 Å². The molecule has 1 aliphatic heterocycles. The van der Waals surface area contributed by atoms with Crippen LogP contribution in [0, 0.1) is 5.92 Å². The van der Waals surface area contributed by atoms with Gasteiger partial charge in [-0.3, -0.25) is 4.90 Å². The van der Waals surface area contributed by atoms with E-state index in [1.165, 1.54) is 13.0 Å². The van der Waals surface area contributed by atoms with E-state index in [9.17, 15) is 0 Å². The molecular weight excluding hydrogens is 260 g/mol. The van der Waals surface area contributed by atoms with Crippen LogP contribution in [-0.4, -0.2) is 43.2 Å². The fourth-order valence-electron chi connectivity index (χ4n) is 2.90. The Morgan fingerprint density at radius 1 is 1.33 bits per heavy atom. The standard InChI is InChI=1S/C18H30N2O/c1-4-15(2)18-14-20(16(3)13-19-18)11-8-12-21-17-9-6-5-7-10-17/h5-7,9-10,15-16,18-19H,4,8,11-14H2,1-3H3. The molecule has 0 bridgehead atoms. The van der Waals surface area contributed by atoms with Crippen LogP contribution in [0.25, 0.3) is 0 Å². The average Bonchev–Trinajstić information content (AvgIpc) is 2.53. The summed E-state index contributed by atoms with van der Waals surface area (Å²) in [6.45, 7) is 11.2. The summed E-state index contributed by atoms with van der Waals surface area (Å²) in [5.41, 5.74) is 0. The topological polar surface area (TPSA) is 24.5 Å². The van der Waals surface area contributed by atoms with E-state index in [4.69, 9.17) is 4.74 Å². The average molecular weight is 290 g/mol. The number of hydrogen-bond donors (Lipinski definition) is 1. The number of nitrogens with one attached hydrogen (secondary N) is 1. The second-order valence-corrected chi connectivity index (χ2v) is 6.26. The lowest BCUT2D eigenvalue weighted by Crippen LogP contribution is -2.57. The Kier molecular flexibility index (Phi) is 6.52. The number of benzene rings is 1. The summed E-state index contributed by atoms with van der Waals surface area (Å²) in [4.78, 5) is 2.61. The SMILES string of the molecule is CCC(C)C1CN(CCCOc2ccccc2)C(C)CN1. The van der Waals surface area contributed by atoms with Crippen molar-refractivity contribution >= 4 is 0 Å². The highest BCUT2D eigenvalue weighted by Crippen LogP contribution is 2.16. The van der Waals surface area contributed by atoms with Crippen LogP contribution in [0.1, 0.15) is 33.6 Å². The van der Waals surface area contributed by atoms with Gasteiger partial charge < -0.3 is 10.1 Å². The van der Waals surface area contributed by atoms with Gasteiger partial charge in [-0.15, -0.1) is 0 Å². The molecule has 1 aliphatic rings. The van der Waals surface area contributed by atoms with Gasteiger partial charge in [-0.1, -0.05) is 38.5 Å². The van der Waals surface area contributed by atoms with Gasteiger partial charge in [0.2, 0.25) is 0 Å². The van der Waals surface area contributed by atoms with E-state index in [-0.39, 0.29) is 0 Å². The number of hydrogen-bond acceptors (Lipinski definition) is 3. The van der Waals surface area contributed by atoms with Crippen LogP contribution in [0.2, 0.25) is 0 Å². The minimum absolute atomic E-state index is 0.627. The van der Waals surface area contributed by atoms with E-state index in [1.54, 1.807) is 0 Å². The first-order chi connectivity index (χ1) is 10.2. The zero-order valence-corrected chi connectivity index (χ0v) is 13.7. The molecule has 3 atom stereocenters. The quantitative estimate of drug-likeness (QED) is 0.781. The van der Waals surface area contributed by atoms with Gasteiger partial charge in [0.15, 0.2) is 0 Å². The third-order valence-electron chi connectivity index (χ3n) is 4.66. The zero-order chi connectivity index (χ0) is 15.1. The second kappa shape index (κ2) is 8.40. The van der Waals surface area contributed by atoms with Crippen LogP contribution in [0.4, 0.5) is 0 Å². The van der Waals surface area contributed by atoms with Crippen molar-refractivity contribution in [2.45, 2.75) is 45.7 Å². The van der Waals surface area contributed by atoms with Crippen molar-refractivity contribution in [1.29, 1.82) is 0 Å². The van der Waals surface area contributed by atoms with Crippen molar-refractivity contribution in [3.63, 3.8) is 0 Å². The van der Waals surface area contributed by atoms with E-state index in [0.717, 1.165) is 37.8 Å². The van der Waals surface area contributed by atoms with Gasteiger partial charge in [-0.05, 0) is 31.4 Å². The number of para-hydroxylation sites is 1. The number of rotatable bonds is 7. The maximum atomic E-state index is 5.79.